The number of anilines is 1. The topological polar surface area (TPSA) is 88.2 Å². The molecular formula is C26H20BrCl2N3O5. The number of halogens is 3. The van der Waals surface area contributed by atoms with Crippen molar-refractivity contribution in [3.8, 4) is 11.5 Å². The number of rotatable bonds is 5. The van der Waals surface area contributed by atoms with E-state index >= 15 is 0 Å². The highest BCUT2D eigenvalue weighted by Crippen LogP contribution is 2.46. The van der Waals surface area contributed by atoms with Gasteiger partial charge in [-0.15, -0.1) is 0 Å². The van der Waals surface area contributed by atoms with E-state index in [9.17, 15) is 14.4 Å². The highest BCUT2D eigenvalue weighted by Gasteiger charge is 2.61. The van der Waals surface area contributed by atoms with Crippen LogP contribution in [0.3, 0.4) is 0 Å². The average molecular weight is 605 g/mol. The van der Waals surface area contributed by atoms with Crippen molar-refractivity contribution < 1.29 is 23.9 Å². The predicted molar refractivity (Wildman–Crippen MR) is 142 cm³/mol. The molecule has 0 aliphatic carbocycles. The molecule has 2 heterocycles. The number of hydrogen-bond acceptors (Lipinski definition) is 6. The third kappa shape index (κ3) is 4.35. The summed E-state index contributed by atoms with van der Waals surface area (Å²) in [5.74, 6) is -1.49. The zero-order valence-electron chi connectivity index (χ0n) is 19.6. The smallest absolute Gasteiger partial charge is 0.268 e. The first-order valence-electron chi connectivity index (χ1n) is 11.1. The van der Waals surface area contributed by atoms with Gasteiger partial charge in [0.05, 0.1) is 36.9 Å². The van der Waals surface area contributed by atoms with Gasteiger partial charge in [0, 0.05) is 26.7 Å². The highest BCUT2D eigenvalue weighted by molar-refractivity contribution is 9.10. The molecule has 0 saturated carbocycles. The average Bonchev–Trinajstić information content (AvgIpc) is 3.40. The molecule has 0 spiro atoms. The molecule has 190 valence electrons. The van der Waals surface area contributed by atoms with Crippen LogP contribution in [0.2, 0.25) is 10.0 Å². The number of fused-ring (bicyclic) bond motifs is 1. The lowest BCUT2D eigenvalue weighted by Gasteiger charge is -2.26. The standard InChI is InChI=1S/C26H20BrCl2N3O5/c1-36-16-7-8-17(20(12-16)37-2)22-21-23(32(30-22)24(33)13-4-3-5-14(27)10-13)26(35)31(25(21)34)19-9-6-15(28)11-18(19)29/h3-12,21-23,30H,1-2H3/t21-,22+,23+/m1/s1. The number of nitrogens with one attached hydrogen (secondary N) is 1. The van der Waals surface area contributed by atoms with E-state index in [2.05, 4.69) is 21.4 Å². The second kappa shape index (κ2) is 9.98. The number of benzene rings is 3. The third-order valence-electron chi connectivity index (χ3n) is 6.45. The summed E-state index contributed by atoms with van der Waals surface area (Å²) in [4.78, 5) is 42.3. The number of carbonyl (C=O) groups is 3. The Hall–Kier alpha value is -3.11. The van der Waals surface area contributed by atoms with Gasteiger partial charge in [0.25, 0.3) is 11.8 Å². The second-order valence-electron chi connectivity index (χ2n) is 8.48. The zero-order valence-corrected chi connectivity index (χ0v) is 22.7. The first-order valence-corrected chi connectivity index (χ1v) is 12.7. The van der Waals surface area contributed by atoms with E-state index in [0.717, 1.165) is 4.90 Å². The Bertz CT molecular complexity index is 1440. The fourth-order valence-corrected chi connectivity index (χ4v) is 5.66. The summed E-state index contributed by atoms with van der Waals surface area (Å²) in [6, 6.07) is 14.6. The van der Waals surface area contributed by atoms with Crippen molar-refractivity contribution in [2.24, 2.45) is 5.92 Å². The molecule has 2 aliphatic rings. The van der Waals surface area contributed by atoms with Gasteiger partial charge in [-0.2, -0.15) is 0 Å². The first-order chi connectivity index (χ1) is 17.7. The van der Waals surface area contributed by atoms with Crippen molar-refractivity contribution in [3.05, 3.63) is 86.3 Å². The summed E-state index contributed by atoms with van der Waals surface area (Å²) >= 11 is 15.8. The van der Waals surface area contributed by atoms with Crippen LogP contribution in [0.4, 0.5) is 5.69 Å². The summed E-state index contributed by atoms with van der Waals surface area (Å²) < 4.78 is 11.6. The fraction of sp³-hybridized carbons (Fsp3) is 0.192. The van der Waals surface area contributed by atoms with Crippen molar-refractivity contribution in [2.75, 3.05) is 19.1 Å². The summed E-state index contributed by atoms with van der Waals surface area (Å²) in [7, 11) is 3.03. The number of amides is 3. The van der Waals surface area contributed by atoms with Crippen LogP contribution in [-0.2, 0) is 9.59 Å². The molecule has 2 saturated heterocycles. The van der Waals surface area contributed by atoms with Crippen molar-refractivity contribution in [1.82, 2.24) is 10.4 Å². The Labute approximate surface area is 231 Å². The minimum Gasteiger partial charge on any atom is -0.497 e. The van der Waals surface area contributed by atoms with Crippen LogP contribution < -0.4 is 19.8 Å². The van der Waals surface area contributed by atoms with Gasteiger partial charge in [0.15, 0.2) is 0 Å². The maximum Gasteiger partial charge on any atom is 0.268 e. The van der Waals surface area contributed by atoms with Gasteiger partial charge in [-0.1, -0.05) is 45.2 Å². The Morgan fingerprint density at radius 3 is 2.43 bits per heavy atom. The summed E-state index contributed by atoms with van der Waals surface area (Å²) in [6.07, 6.45) is 0. The molecule has 37 heavy (non-hydrogen) atoms. The summed E-state index contributed by atoms with van der Waals surface area (Å²) in [5.41, 5.74) is 4.25. The molecule has 3 aromatic rings. The molecule has 11 heteroatoms. The molecule has 5 rings (SSSR count). The van der Waals surface area contributed by atoms with Gasteiger partial charge in [0.2, 0.25) is 5.91 Å². The Morgan fingerprint density at radius 2 is 1.76 bits per heavy atom. The van der Waals surface area contributed by atoms with Crippen molar-refractivity contribution in [3.63, 3.8) is 0 Å². The van der Waals surface area contributed by atoms with Crippen LogP contribution in [0.5, 0.6) is 11.5 Å². The van der Waals surface area contributed by atoms with E-state index in [1.165, 1.54) is 31.4 Å². The number of imide groups is 1. The zero-order chi connectivity index (χ0) is 26.4. The van der Waals surface area contributed by atoms with Crippen LogP contribution in [-0.4, -0.2) is 43.0 Å². The highest BCUT2D eigenvalue weighted by atomic mass is 79.9. The lowest BCUT2D eigenvalue weighted by Crippen LogP contribution is -2.48. The van der Waals surface area contributed by atoms with Crippen molar-refractivity contribution in [1.29, 1.82) is 0 Å². The lowest BCUT2D eigenvalue weighted by atomic mass is 9.90. The van der Waals surface area contributed by atoms with Crippen molar-refractivity contribution in [2.45, 2.75) is 12.1 Å². The minimum atomic E-state index is -1.12. The molecule has 3 atom stereocenters. The Morgan fingerprint density at radius 1 is 0.973 bits per heavy atom. The number of nitrogens with zero attached hydrogens (tertiary/aromatic N) is 2. The maximum atomic E-state index is 13.9. The van der Waals surface area contributed by atoms with Gasteiger partial charge in [-0.3, -0.25) is 19.4 Å². The third-order valence-corrected chi connectivity index (χ3v) is 7.48. The monoisotopic (exact) mass is 603 g/mol. The number of hydrogen-bond donors (Lipinski definition) is 1. The largest absolute Gasteiger partial charge is 0.497 e. The fourth-order valence-electron chi connectivity index (χ4n) is 4.77. The molecule has 0 radical (unpaired) electrons. The Kier molecular flexibility index (Phi) is 6.89. The lowest BCUT2D eigenvalue weighted by molar-refractivity contribution is -0.123. The van der Waals surface area contributed by atoms with E-state index < -0.39 is 35.7 Å². The maximum absolute atomic E-state index is 13.9. The molecule has 2 fully saturated rings. The SMILES string of the molecule is COc1ccc([C@@H]2NN(C(=O)c3cccc(Br)c3)[C@@H]3C(=O)N(c4ccc(Cl)cc4Cl)C(=O)[C@@H]32)c(OC)c1. The van der Waals surface area contributed by atoms with Gasteiger partial charge < -0.3 is 9.47 Å². The number of ether oxygens (including phenoxy) is 2. The van der Waals surface area contributed by atoms with E-state index in [4.69, 9.17) is 32.7 Å². The molecule has 8 nitrogen and oxygen atoms in total. The first kappa shape index (κ1) is 25.5. The molecule has 0 unspecified atom stereocenters. The van der Waals surface area contributed by atoms with E-state index in [0.29, 0.717) is 32.1 Å². The van der Waals surface area contributed by atoms with Crippen LogP contribution >= 0.6 is 39.1 Å². The van der Waals surface area contributed by atoms with Crippen LogP contribution in [0.25, 0.3) is 0 Å². The quantitative estimate of drug-likeness (QED) is 0.411. The van der Waals surface area contributed by atoms with Gasteiger partial charge in [0.1, 0.15) is 17.5 Å². The molecule has 0 bridgehead atoms. The van der Waals surface area contributed by atoms with Gasteiger partial charge in [-0.25, -0.2) is 10.3 Å². The number of methoxy groups -OCH3 is 2. The molecular weight excluding hydrogens is 585 g/mol. The molecule has 2 aliphatic heterocycles. The second-order valence-corrected chi connectivity index (χ2v) is 10.2. The summed E-state index contributed by atoms with van der Waals surface area (Å²) in [5, 5.41) is 1.73. The van der Waals surface area contributed by atoms with E-state index in [1.54, 1.807) is 48.5 Å². The van der Waals surface area contributed by atoms with E-state index in [-0.39, 0.29) is 10.7 Å². The van der Waals surface area contributed by atoms with Crippen LogP contribution in [0, 0.1) is 5.92 Å². The van der Waals surface area contributed by atoms with E-state index in [1.807, 2.05) is 0 Å². The molecule has 3 amide bonds. The van der Waals surface area contributed by atoms with Gasteiger partial charge in [-0.05, 0) is 48.5 Å². The van der Waals surface area contributed by atoms with Crippen LogP contribution in [0.15, 0.2) is 65.1 Å². The van der Waals surface area contributed by atoms with Crippen LogP contribution in [0.1, 0.15) is 22.0 Å². The minimum absolute atomic E-state index is 0.144. The number of hydrazine groups is 1. The molecule has 0 aromatic heterocycles. The predicted octanol–water partition coefficient (Wildman–Crippen LogP) is 5.03. The normalized spacial score (nSPS) is 20.8. The van der Waals surface area contributed by atoms with Gasteiger partial charge >= 0.3 is 0 Å². The number of carbonyl (C=O) groups excluding carboxylic acids is 3. The Balaban J connectivity index is 1.63. The summed E-state index contributed by atoms with van der Waals surface area (Å²) in [6.45, 7) is 0. The molecule has 3 aromatic carbocycles. The van der Waals surface area contributed by atoms with Crippen molar-refractivity contribution >= 4 is 62.5 Å². The molecule has 1 N–H and O–H groups in total.